The number of hydrogen-bond donors (Lipinski definition) is 1. The van der Waals surface area contributed by atoms with E-state index in [1.165, 1.54) is 6.26 Å². The largest absolute Gasteiger partial charge is 0.492 e. The fourth-order valence-electron chi connectivity index (χ4n) is 2.92. The molecule has 7 heteroatoms. The molecule has 0 saturated carbocycles. The van der Waals surface area contributed by atoms with Crippen molar-refractivity contribution in [3.63, 3.8) is 0 Å². The van der Waals surface area contributed by atoms with E-state index in [1.807, 2.05) is 57.2 Å². The average Bonchev–Trinajstić information content (AvgIpc) is 3.19. The second-order valence-corrected chi connectivity index (χ2v) is 6.33. The van der Waals surface area contributed by atoms with E-state index < -0.39 is 0 Å². The number of benzene rings is 2. The molecule has 7 nitrogen and oxygen atoms in total. The summed E-state index contributed by atoms with van der Waals surface area (Å²) in [5.41, 5.74) is 1.90. The quantitative estimate of drug-likeness (QED) is 0.521. The van der Waals surface area contributed by atoms with Gasteiger partial charge in [-0.05, 0) is 51.1 Å². The molecule has 1 N–H and O–H groups in total. The first kappa shape index (κ1) is 21.2. The van der Waals surface area contributed by atoms with E-state index in [0.717, 1.165) is 5.56 Å². The van der Waals surface area contributed by atoms with Crippen LogP contribution < -0.4 is 19.5 Å². The molecule has 3 rings (SSSR count). The van der Waals surface area contributed by atoms with Crippen molar-refractivity contribution in [3.05, 3.63) is 54.4 Å². The van der Waals surface area contributed by atoms with Crippen LogP contribution in [0.25, 0.3) is 11.5 Å². The molecule has 0 aliphatic carbocycles. The molecule has 30 heavy (non-hydrogen) atoms. The average molecular weight is 410 g/mol. The maximum absolute atomic E-state index is 12.5. The molecule has 1 aromatic heterocycles. The van der Waals surface area contributed by atoms with Gasteiger partial charge in [0, 0.05) is 5.56 Å². The highest BCUT2D eigenvalue weighted by Crippen LogP contribution is 2.32. The Hall–Kier alpha value is -3.48. The highest BCUT2D eigenvalue weighted by Gasteiger charge is 2.14. The van der Waals surface area contributed by atoms with Crippen LogP contribution in [0.4, 0.5) is 5.69 Å². The second-order valence-electron chi connectivity index (χ2n) is 6.33. The maximum atomic E-state index is 12.5. The van der Waals surface area contributed by atoms with E-state index in [1.54, 1.807) is 6.07 Å². The van der Waals surface area contributed by atoms with Gasteiger partial charge in [-0.25, -0.2) is 4.98 Å². The first-order chi connectivity index (χ1) is 14.6. The molecule has 0 bridgehead atoms. The van der Waals surface area contributed by atoms with Crippen LogP contribution in [0.5, 0.6) is 17.2 Å². The van der Waals surface area contributed by atoms with Gasteiger partial charge >= 0.3 is 0 Å². The van der Waals surface area contributed by atoms with Crippen molar-refractivity contribution in [3.8, 4) is 28.7 Å². The van der Waals surface area contributed by atoms with Crippen molar-refractivity contribution in [1.29, 1.82) is 0 Å². The maximum Gasteiger partial charge on any atom is 0.230 e. The second kappa shape index (κ2) is 10.3. The van der Waals surface area contributed by atoms with E-state index in [-0.39, 0.29) is 12.3 Å². The Bertz CT molecular complexity index is 983. The fraction of sp³-hybridized carbons (Fsp3) is 0.304. The van der Waals surface area contributed by atoms with Gasteiger partial charge in [0.1, 0.15) is 12.0 Å². The molecule has 0 aliphatic rings. The third-order valence-electron chi connectivity index (χ3n) is 4.14. The van der Waals surface area contributed by atoms with Crippen LogP contribution in [0.3, 0.4) is 0 Å². The molecular weight excluding hydrogens is 384 g/mol. The third kappa shape index (κ3) is 5.31. The Morgan fingerprint density at radius 3 is 2.40 bits per heavy atom. The van der Waals surface area contributed by atoms with Gasteiger partial charge in [0.25, 0.3) is 0 Å². The van der Waals surface area contributed by atoms with Crippen LogP contribution >= 0.6 is 0 Å². The molecule has 0 saturated heterocycles. The SMILES string of the molecule is CCOc1ccccc1NC(=O)Cc1coc(-c2ccc(OCC)c(OCC)c2)n1. The van der Waals surface area contributed by atoms with Gasteiger partial charge in [0.15, 0.2) is 11.5 Å². The Kier molecular flexibility index (Phi) is 7.32. The first-order valence-electron chi connectivity index (χ1n) is 10.0. The number of aromatic nitrogens is 1. The predicted octanol–water partition coefficient (Wildman–Crippen LogP) is 4.72. The standard InChI is InChI=1S/C23H26N2O5/c1-4-27-19-10-8-7-9-18(19)25-22(26)14-17-15-30-23(24-17)16-11-12-20(28-5-2)21(13-16)29-6-3/h7-13,15H,4-6,14H2,1-3H3,(H,25,26). The zero-order valence-corrected chi connectivity index (χ0v) is 17.4. The lowest BCUT2D eigenvalue weighted by Crippen LogP contribution is -2.15. The van der Waals surface area contributed by atoms with E-state index in [9.17, 15) is 4.79 Å². The summed E-state index contributed by atoms with van der Waals surface area (Å²) in [5, 5.41) is 2.86. The summed E-state index contributed by atoms with van der Waals surface area (Å²) in [6.45, 7) is 7.31. The van der Waals surface area contributed by atoms with E-state index in [0.29, 0.717) is 54.3 Å². The lowest BCUT2D eigenvalue weighted by atomic mass is 10.2. The number of carbonyl (C=O) groups is 1. The first-order valence-corrected chi connectivity index (χ1v) is 10.0. The number of oxazole rings is 1. The van der Waals surface area contributed by atoms with Gasteiger partial charge in [-0.15, -0.1) is 0 Å². The van der Waals surface area contributed by atoms with Crippen LogP contribution in [0, 0.1) is 0 Å². The number of nitrogens with zero attached hydrogens (tertiary/aromatic N) is 1. The summed E-state index contributed by atoms with van der Waals surface area (Å²) in [7, 11) is 0. The lowest BCUT2D eigenvalue weighted by Gasteiger charge is -2.11. The summed E-state index contributed by atoms with van der Waals surface area (Å²) in [6, 6.07) is 12.8. The Morgan fingerprint density at radius 2 is 1.63 bits per heavy atom. The predicted molar refractivity (Wildman–Crippen MR) is 114 cm³/mol. The summed E-state index contributed by atoms with van der Waals surface area (Å²) in [6.07, 6.45) is 1.57. The molecule has 0 radical (unpaired) electrons. The molecule has 1 heterocycles. The fourth-order valence-corrected chi connectivity index (χ4v) is 2.92. The minimum atomic E-state index is -0.205. The number of nitrogens with one attached hydrogen (secondary N) is 1. The number of amides is 1. The van der Waals surface area contributed by atoms with E-state index in [4.69, 9.17) is 18.6 Å². The van der Waals surface area contributed by atoms with Crippen molar-refractivity contribution in [2.45, 2.75) is 27.2 Å². The molecule has 0 unspecified atom stereocenters. The summed E-state index contributed by atoms with van der Waals surface area (Å²) >= 11 is 0. The van der Waals surface area contributed by atoms with Crippen LogP contribution in [0.2, 0.25) is 0 Å². The lowest BCUT2D eigenvalue weighted by molar-refractivity contribution is -0.115. The van der Waals surface area contributed by atoms with Crippen molar-refractivity contribution in [1.82, 2.24) is 4.98 Å². The van der Waals surface area contributed by atoms with Gasteiger partial charge in [0.05, 0.1) is 37.6 Å². The Morgan fingerprint density at radius 1 is 0.933 bits per heavy atom. The number of ether oxygens (including phenoxy) is 3. The normalized spacial score (nSPS) is 10.5. The van der Waals surface area contributed by atoms with Gasteiger partial charge in [0.2, 0.25) is 11.8 Å². The molecule has 0 fully saturated rings. The molecule has 2 aromatic carbocycles. The highest BCUT2D eigenvalue weighted by atomic mass is 16.5. The molecular formula is C23H26N2O5. The molecule has 0 aliphatic heterocycles. The van der Waals surface area contributed by atoms with Crippen molar-refractivity contribution < 1.29 is 23.4 Å². The smallest absolute Gasteiger partial charge is 0.230 e. The van der Waals surface area contributed by atoms with Crippen molar-refractivity contribution in [2.24, 2.45) is 0 Å². The number of anilines is 1. The number of para-hydroxylation sites is 2. The van der Waals surface area contributed by atoms with Gasteiger partial charge in [-0.2, -0.15) is 0 Å². The van der Waals surface area contributed by atoms with Gasteiger partial charge in [-0.1, -0.05) is 12.1 Å². The number of carbonyl (C=O) groups excluding carboxylic acids is 1. The number of rotatable bonds is 10. The topological polar surface area (TPSA) is 82.8 Å². The minimum absolute atomic E-state index is 0.0826. The summed E-state index contributed by atoms with van der Waals surface area (Å²) in [5.74, 6) is 2.14. The monoisotopic (exact) mass is 410 g/mol. The van der Waals surface area contributed by atoms with E-state index in [2.05, 4.69) is 10.3 Å². The van der Waals surface area contributed by atoms with Crippen molar-refractivity contribution in [2.75, 3.05) is 25.1 Å². The zero-order chi connectivity index (χ0) is 21.3. The third-order valence-corrected chi connectivity index (χ3v) is 4.14. The summed E-state index contributed by atoms with van der Waals surface area (Å²) in [4.78, 5) is 16.9. The molecule has 0 atom stereocenters. The van der Waals surface area contributed by atoms with Crippen LogP contribution in [0.15, 0.2) is 53.1 Å². The van der Waals surface area contributed by atoms with E-state index >= 15 is 0 Å². The molecule has 3 aromatic rings. The van der Waals surface area contributed by atoms with Gasteiger partial charge in [-0.3, -0.25) is 4.79 Å². The highest BCUT2D eigenvalue weighted by molar-refractivity contribution is 5.93. The van der Waals surface area contributed by atoms with Crippen LogP contribution in [-0.2, 0) is 11.2 Å². The number of hydrogen-bond acceptors (Lipinski definition) is 6. The van der Waals surface area contributed by atoms with Crippen LogP contribution in [-0.4, -0.2) is 30.7 Å². The van der Waals surface area contributed by atoms with Crippen molar-refractivity contribution >= 4 is 11.6 Å². The molecule has 0 spiro atoms. The molecule has 1 amide bonds. The molecule has 158 valence electrons. The van der Waals surface area contributed by atoms with Gasteiger partial charge < -0.3 is 23.9 Å². The minimum Gasteiger partial charge on any atom is -0.492 e. The van der Waals surface area contributed by atoms with Crippen LogP contribution in [0.1, 0.15) is 26.5 Å². The Labute approximate surface area is 176 Å². The zero-order valence-electron chi connectivity index (χ0n) is 17.4. The Balaban J connectivity index is 1.71. The summed E-state index contributed by atoms with van der Waals surface area (Å²) < 4.78 is 22.4.